The summed E-state index contributed by atoms with van der Waals surface area (Å²) in [4.78, 5) is 9.11. The van der Waals surface area contributed by atoms with Crippen molar-refractivity contribution in [2.24, 2.45) is 5.92 Å². The summed E-state index contributed by atoms with van der Waals surface area (Å²) in [5.41, 5.74) is 0.758. The predicted octanol–water partition coefficient (Wildman–Crippen LogP) is 2.25. The van der Waals surface area contributed by atoms with Gasteiger partial charge in [0.1, 0.15) is 5.60 Å². The van der Waals surface area contributed by atoms with Gasteiger partial charge in [-0.1, -0.05) is 6.92 Å². The first-order chi connectivity index (χ1) is 8.70. The van der Waals surface area contributed by atoms with E-state index in [-0.39, 0.29) is 5.60 Å². The molecule has 0 spiro atoms. The molecule has 100 valence electrons. The molecule has 1 fully saturated rings. The summed E-state index contributed by atoms with van der Waals surface area (Å²) in [5.74, 6) is 1.64. The van der Waals surface area contributed by atoms with E-state index in [2.05, 4.69) is 22.2 Å². The molecule has 1 aromatic heterocycles. The van der Waals surface area contributed by atoms with Crippen LogP contribution in [0.4, 0.5) is 0 Å². The molecule has 1 saturated carbocycles. The molecule has 2 rings (SSSR count). The van der Waals surface area contributed by atoms with Crippen LogP contribution in [-0.4, -0.2) is 24.1 Å². The second-order valence-corrected chi connectivity index (χ2v) is 5.28. The summed E-state index contributed by atoms with van der Waals surface area (Å²) in [6, 6.07) is 1.95. The molecule has 0 amide bonds. The second kappa shape index (κ2) is 5.76. The average molecular weight is 249 g/mol. The average Bonchev–Trinajstić information content (AvgIpc) is 2.41. The molecule has 0 saturated heterocycles. The van der Waals surface area contributed by atoms with E-state index in [4.69, 9.17) is 4.74 Å². The third kappa shape index (κ3) is 2.70. The van der Waals surface area contributed by atoms with Crippen molar-refractivity contribution in [2.45, 2.75) is 44.8 Å². The van der Waals surface area contributed by atoms with E-state index >= 15 is 0 Å². The highest BCUT2D eigenvalue weighted by atomic mass is 16.5. The van der Waals surface area contributed by atoms with Crippen LogP contribution in [0.2, 0.25) is 0 Å². The van der Waals surface area contributed by atoms with Gasteiger partial charge in [0.05, 0.1) is 5.69 Å². The Labute approximate surface area is 109 Å². The van der Waals surface area contributed by atoms with E-state index in [0.29, 0.717) is 0 Å². The molecule has 1 N–H and O–H groups in total. The molecule has 0 aliphatic heterocycles. The van der Waals surface area contributed by atoms with E-state index in [1.165, 1.54) is 12.8 Å². The summed E-state index contributed by atoms with van der Waals surface area (Å²) in [5, 5.41) is 3.12. The van der Waals surface area contributed by atoms with Gasteiger partial charge in [0.2, 0.25) is 0 Å². The van der Waals surface area contributed by atoms with E-state index in [1.54, 1.807) is 7.11 Å². The van der Waals surface area contributed by atoms with Crippen molar-refractivity contribution < 1.29 is 4.74 Å². The fourth-order valence-corrected chi connectivity index (χ4v) is 2.64. The van der Waals surface area contributed by atoms with Crippen LogP contribution < -0.4 is 5.32 Å². The Hall–Kier alpha value is -1.00. The largest absolute Gasteiger partial charge is 0.370 e. The van der Waals surface area contributed by atoms with Crippen LogP contribution in [0.25, 0.3) is 0 Å². The van der Waals surface area contributed by atoms with Crippen LogP contribution in [0.1, 0.15) is 44.1 Å². The van der Waals surface area contributed by atoms with Crippen LogP contribution in [0.3, 0.4) is 0 Å². The summed E-state index contributed by atoms with van der Waals surface area (Å²) < 4.78 is 5.80. The van der Waals surface area contributed by atoms with E-state index in [9.17, 15) is 0 Å². The van der Waals surface area contributed by atoms with Gasteiger partial charge in [-0.3, -0.25) is 0 Å². The Morgan fingerprint density at radius 1 is 1.44 bits per heavy atom. The van der Waals surface area contributed by atoms with Crippen molar-refractivity contribution in [3.63, 3.8) is 0 Å². The highest BCUT2D eigenvalue weighted by Crippen LogP contribution is 2.40. The summed E-state index contributed by atoms with van der Waals surface area (Å²) in [6.07, 6.45) is 6.26. The minimum absolute atomic E-state index is 0.268. The van der Waals surface area contributed by atoms with Crippen molar-refractivity contribution in [1.29, 1.82) is 0 Å². The third-order valence-corrected chi connectivity index (χ3v) is 3.95. The van der Waals surface area contributed by atoms with Crippen LogP contribution >= 0.6 is 0 Å². The van der Waals surface area contributed by atoms with Crippen molar-refractivity contribution in [1.82, 2.24) is 15.3 Å². The van der Waals surface area contributed by atoms with Gasteiger partial charge in [0.15, 0.2) is 5.82 Å². The number of hydrogen-bond donors (Lipinski definition) is 1. The molecular weight excluding hydrogens is 226 g/mol. The molecule has 0 radical (unpaired) electrons. The first kappa shape index (κ1) is 13.4. The zero-order valence-corrected chi connectivity index (χ0v) is 11.6. The van der Waals surface area contributed by atoms with Crippen LogP contribution in [0, 0.1) is 5.92 Å². The lowest BCUT2D eigenvalue weighted by atomic mass is 9.79. The standard InChI is InChI=1S/C14H23N3O/c1-11-4-7-14(18-3,8-5-11)13-16-9-6-12(17-13)10-15-2/h6,9,11,15H,4-5,7-8,10H2,1-3H3. The Morgan fingerprint density at radius 3 is 2.78 bits per heavy atom. The maximum atomic E-state index is 5.80. The van der Waals surface area contributed by atoms with Gasteiger partial charge < -0.3 is 10.1 Å². The number of nitrogens with one attached hydrogen (secondary N) is 1. The van der Waals surface area contributed by atoms with Gasteiger partial charge >= 0.3 is 0 Å². The van der Waals surface area contributed by atoms with E-state index < -0.39 is 0 Å². The highest BCUT2D eigenvalue weighted by molar-refractivity contribution is 5.10. The Bertz CT molecular complexity index is 386. The van der Waals surface area contributed by atoms with Crippen molar-refractivity contribution in [3.8, 4) is 0 Å². The number of ether oxygens (including phenoxy) is 1. The summed E-state index contributed by atoms with van der Waals surface area (Å²) in [6.45, 7) is 3.07. The molecule has 1 aliphatic carbocycles. The Morgan fingerprint density at radius 2 is 2.17 bits per heavy atom. The second-order valence-electron chi connectivity index (χ2n) is 5.28. The highest BCUT2D eigenvalue weighted by Gasteiger charge is 2.38. The molecule has 0 bridgehead atoms. The monoisotopic (exact) mass is 249 g/mol. The van der Waals surface area contributed by atoms with Crippen LogP contribution in [-0.2, 0) is 16.9 Å². The zero-order chi connectivity index (χ0) is 13.0. The molecule has 0 unspecified atom stereocenters. The first-order valence-electron chi connectivity index (χ1n) is 6.72. The molecule has 0 aromatic carbocycles. The van der Waals surface area contributed by atoms with Gasteiger partial charge in [-0.25, -0.2) is 9.97 Å². The summed E-state index contributed by atoms with van der Waals surface area (Å²) >= 11 is 0. The number of rotatable bonds is 4. The fraction of sp³-hybridized carbons (Fsp3) is 0.714. The SMILES string of the molecule is CNCc1ccnc(C2(OC)CCC(C)CC2)n1. The minimum atomic E-state index is -0.268. The van der Waals surface area contributed by atoms with Gasteiger partial charge in [-0.2, -0.15) is 0 Å². The number of aromatic nitrogens is 2. The molecular formula is C14H23N3O. The normalized spacial score (nSPS) is 28.3. The summed E-state index contributed by atoms with van der Waals surface area (Å²) in [7, 11) is 3.71. The van der Waals surface area contributed by atoms with Crippen molar-refractivity contribution in [2.75, 3.05) is 14.2 Å². The smallest absolute Gasteiger partial charge is 0.160 e. The minimum Gasteiger partial charge on any atom is -0.370 e. The lowest BCUT2D eigenvalue weighted by molar-refractivity contribution is -0.0599. The maximum Gasteiger partial charge on any atom is 0.160 e. The van der Waals surface area contributed by atoms with Gasteiger partial charge in [0.25, 0.3) is 0 Å². The molecule has 0 atom stereocenters. The van der Waals surface area contributed by atoms with E-state index in [1.807, 2.05) is 19.3 Å². The van der Waals surface area contributed by atoms with Gasteiger partial charge in [-0.05, 0) is 44.7 Å². The third-order valence-electron chi connectivity index (χ3n) is 3.95. The zero-order valence-electron chi connectivity index (χ0n) is 11.6. The fourth-order valence-electron chi connectivity index (χ4n) is 2.64. The molecule has 4 nitrogen and oxygen atoms in total. The Kier molecular flexibility index (Phi) is 4.30. The number of nitrogens with zero attached hydrogens (tertiary/aromatic N) is 2. The van der Waals surface area contributed by atoms with Crippen molar-refractivity contribution >= 4 is 0 Å². The lowest BCUT2D eigenvalue weighted by Crippen LogP contribution is -2.35. The van der Waals surface area contributed by atoms with Crippen LogP contribution in [0.15, 0.2) is 12.3 Å². The number of hydrogen-bond acceptors (Lipinski definition) is 4. The van der Waals surface area contributed by atoms with Crippen molar-refractivity contribution in [3.05, 3.63) is 23.8 Å². The lowest BCUT2D eigenvalue weighted by Gasteiger charge is -2.36. The van der Waals surface area contributed by atoms with Gasteiger partial charge in [0, 0.05) is 19.9 Å². The topological polar surface area (TPSA) is 47.0 Å². The van der Waals surface area contributed by atoms with Gasteiger partial charge in [-0.15, -0.1) is 0 Å². The van der Waals surface area contributed by atoms with Crippen LogP contribution in [0.5, 0.6) is 0 Å². The molecule has 1 heterocycles. The maximum absolute atomic E-state index is 5.80. The molecule has 1 aliphatic rings. The number of methoxy groups -OCH3 is 1. The van der Waals surface area contributed by atoms with E-state index in [0.717, 1.165) is 36.8 Å². The predicted molar refractivity (Wildman–Crippen MR) is 71.1 cm³/mol. The quantitative estimate of drug-likeness (QED) is 0.889. The molecule has 4 heteroatoms. The first-order valence-corrected chi connectivity index (χ1v) is 6.72. The molecule has 18 heavy (non-hydrogen) atoms. The molecule has 1 aromatic rings. The Balaban J connectivity index is 2.24.